The van der Waals surface area contributed by atoms with Gasteiger partial charge in [-0.1, -0.05) is 0 Å². The highest BCUT2D eigenvalue weighted by atomic mass is 19.1. The van der Waals surface area contributed by atoms with Crippen LogP contribution in [0, 0.1) is 18.7 Å². The number of aryl methyl sites for hydroxylation is 1. The molecule has 0 amide bonds. The number of Topliss-reactive ketones (excluding diaryl/α,β-unsaturated/α-hetero) is 1. The lowest BCUT2D eigenvalue weighted by atomic mass is 9.91. The molecule has 1 aliphatic heterocycles. The Balaban J connectivity index is 2.03. The molecule has 2 rings (SSSR count). The van der Waals surface area contributed by atoms with Gasteiger partial charge in [-0.05, 0) is 62.5 Å². The van der Waals surface area contributed by atoms with E-state index in [1.54, 1.807) is 13.0 Å². The molecule has 1 aromatic rings. The van der Waals surface area contributed by atoms with E-state index in [-0.39, 0.29) is 11.6 Å². The van der Waals surface area contributed by atoms with Gasteiger partial charge in [-0.15, -0.1) is 0 Å². The predicted octanol–water partition coefficient (Wildman–Crippen LogP) is 2.71. The smallest absolute Gasteiger partial charge is 0.163 e. The third kappa shape index (κ3) is 3.13. The second-order valence-electron chi connectivity index (χ2n) is 4.80. The highest BCUT2D eigenvalue weighted by Crippen LogP contribution is 2.19. The van der Waals surface area contributed by atoms with Gasteiger partial charge in [0.1, 0.15) is 5.82 Å². The zero-order valence-electron chi connectivity index (χ0n) is 10.1. The van der Waals surface area contributed by atoms with Gasteiger partial charge in [-0.3, -0.25) is 4.79 Å². The van der Waals surface area contributed by atoms with Crippen LogP contribution in [0.3, 0.4) is 0 Å². The van der Waals surface area contributed by atoms with E-state index in [4.69, 9.17) is 0 Å². The summed E-state index contributed by atoms with van der Waals surface area (Å²) in [4.78, 5) is 12.1. The summed E-state index contributed by atoms with van der Waals surface area (Å²) in [6.07, 6.45) is 2.82. The molecule has 1 aromatic carbocycles. The second kappa shape index (κ2) is 5.41. The first-order chi connectivity index (χ1) is 8.16. The number of rotatable bonds is 3. The van der Waals surface area contributed by atoms with Gasteiger partial charge in [-0.25, -0.2) is 4.39 Å². The third-order valence-electron chi connectivity index (χ3n) is 3.36. The molecule has 0 aliphatic carbocycles. The van der Waals surface area contributed by atoms with E-state index >= 15 is 0 Å². The van der Waals surface area contributed by atoms with Gasteiger partial charge in [0.25, 0.3) is 0 Å². The summed E-state index contributed by atoms with van der Waals surface area (Å²) in [7, 11) is 0. The lowest BCUT2D eigenvalue weighted by molar-refractivity contribution is 0.0953. The molecule has 1 aliphatic rings. The van der Waals surface area contributed by atoms with E-state index < -0.39 is 0 Å². The van der Waals surface area contributed by atoms with Gasteiger partial charge in [-0.2, -0.15) is 0 Å². The number of piperidine rings is 1. The Morgan fingerprint density at radius 3 is 3.00 bits per heavy atom. The number of benzene rings is 1. The first kappa shape index (κ1) is 12.2. The van der Waals surface area contributed by atoms with Crippen molar-refractivity contribution in [1.82, 2.24) is 5.32 Å². The highest BCUT2D eigenvalue weighted by molar-refractivity contribution is 5.97. The van der Waals surface area contributed by atoms with Gasteiger partial charge < -0.3 is 5.32 Å². The molecule has 1 heterocycles. The Morgan fingerprint density at radius 2 is 2.35 bits per heavy atom. The number of hydrogen-bond acceptors (Lipinski definition) is 2. The van der Waals surface area contributed by atoms with Crippen molar-refractivity contribution in [2.24, 2.45) is 5.92 Å². The number of nitrogens with one attached hydrogen (secondary N) is 1. The van der Waals surface area contributed by atoms with Crippen molar-refractivity contribution < 1.29 is 9.18 Å². The average molecular weight is 235 g/mol. The lowest BCUT2D eigenvalue weighted by Gasteiger charge is -2.22. The Bertz CT molecular complexity index is 411. The fraction of sp³-hybridized carbons (Fsp3) is 0.500. The fourth-order valence-electron chi connectivity index (χ4n) is 2.41. The molecule has 92 valence electrons. The quantitative estimate of drug-likeness (QED) is 0.816. The molecule has 1 saturated heterocycles. The summed E-state index contributed by atoms with van der Waals surface area (Å²) in [5, 5.41) is 3.30. The Kier molecular flexibility index (Phi) is 3.89. The number of carbonyl (C=O) groups excluding carboxylic acids is 1. The monoisotopic (exact) mass is 235 g/mol. The zero-order valence-corrected chi connectivity index (χ0v) is 10.1. The summed E-state index contributed by atoms with van der Waals surface area (Å²) in [5.74, 6) is 0.287. The fourth-order valence-corrected chi connectivity index (χ4v) is 2.41. The molecule has 0 saturated carbocycles. The number of carbonyl (C=O) groups is 1. The molecule has 1 atom stereocenters. The van der Waals surface area contributed by atoms with Crippen LogP contribution in [-0.4, -0.2) is 18.9 Å². The molecule has 0 spiro atoms. The van der Waals surface area contributed by atoms with Crippen molar-refractivity contribution >= 4 is 5.78 Å². The van der Waals surface area contributed by atoms with E-state index in [0.717, 1.165) is 31.5 Å². The van der Waals surface area contributed by atoms with Crippen LogP contribution in [0.25, 0.3) is 0 Å². The lowest BCUT2D eigenvalue weighted by Crippen LogP contribution is -2.31. The predicted molar refractivity (Wildman–Crippen MR) is 65.7 cm³/mol. The van der Waals surface area contributed by atoms with Crippen LogP contribution in [0.5, 0.6) is 0 Å². The number of hydrogen-bond donors (Lipinski definition) is 1. The molecule has 17 heavy (non-hydrogen) atoms. The van der Waals surface area contributed by atoms with E-state index in [1.807, 2.05) is 0 Å². The van der Waals surface area contributed by atoms with Crippen LogP contribution in [-0.2, 0) is 0 Å². The summed E-state index contributed by atoms with van der Waals surface area (Å²) in [6, 6.07) is 4.38. The van der Waals surface area contributed by atoms with Gasteiger partial charge in [0.15, 0.2) is 5.78 Å². The highest BCUT2D eigenvalue weighted by Gasteiger charge is 2.18. The van der Waals surface area contributed by atoms with Crippen LogP contribution in [0.1, 0.15) is 35.2 Å². The Labute approximate surface area is 101 Å². The van der Waals surface area contributed by atoms with Crippen molar-refractivity contribution in [1.29, 1.82) is 0 Å². The zero-order chi connectivity index (χ0) is 12.3. The summed E-state index contributed by atoms with van der Waals surface area (Å²) in [5.41, 5.74) is 1.40. The van der Waals surface area contributed by atoms with Gasteiger partial charge in [0.05, 0.1) is 0 Å². The van der Waals surface area contributed by atoms with Crippen LogP contribution in [0.4, 0.5) is 4.39 Å². The standard InChI is InChI=1S/C14H18FNO/c1-10-7-12(15)4-5-13(10)14(17)8-11-3-2-6-16-9-11/h4-5,7,11,16H,2-3,6,8-9H2,1H3. The van der Waals surface area contributed by atoms with Crippen LogP contribution >= 0.6 is 0 Å². The maximum absolute atomic E-state index is 12.9. The molecule has 3 heteroatoms. The minimum atomic E-state index is -0.279. The summed E-state index contributed by atoms with van der Waals surface area (Å²) < 4.78 is 12.9. The minimum Gasteiger partial charge on any atom is -0.316 e. The van der Waals surface area contributed by atoms with Crippen LogP contribution in [0.2, 0.25) is 0 Å². The molecular formula is C14H18FNO. The molecule has 1 fully saturated rings. The van der Waals surface area contributed by atoms with Crippen molar-refractivity contribution in [3.63, 3.8) is 0 Å². The molecule has 0 aromatic heterocycles. The molecule has 0 radical (unpaired) electrons. The summed E-state index contributed by atoms with van der Waals surface area (Å²) >= 11 is 0. The minimum absolute atomic E-state index is 0.135. The Hall–Kier alpha value is -1.22. The number of ketones is 1. The maximum Gasteiger partial charge on any atom is 0.163 e. The van der Waals surface area contributed by atoms with Crippen molar-refractivity contribution in [3.8, 4) is 0 Å². The maximum atomic E-state index is 12.9. The van der Waals surface area contributed by atoms with E-state index in [9.17, 15) is 9.18 Å². The molecule has 2 nitrogen and oxygen atoms in total. The van der Waals surface area contributed by atoms with Crippen LogP contribution in [0.15, 0.2) is 18.2 Å². The first-order valence-corrected chi connectivity index (χ1v) is 6.17. The van der Waals surface area contributed by atoms with E-state index in [0.29, 0.717) is 17.9 Å². The normalized spacial score (nSPS) is 20.2. The first-order valence-electron chi connectivity index (χ1n) is 6.17. The van der Waals surface area contributed by atoms with Gasteiger partial charge >= 0.3 is 0 Å². The van der Waals surface area contributed by atoms with Gasteiger partial charge in [0, 0.05) is 12.0 Å². The SMILES string of the molecule is Cc1cc(F)ccc1C(=O)CC1CCCNC1. The van der Waals surface area contributed by atoms with Crippen molar-refractivity contribution in [2.45, 2.75) is 26.2 Å². The van der Waals surface area contributed by atoms with Crippen molar-refractivity contribution in [2.75, 3.05) is 13.1 Å². The largest absolute Gasteiger partial charge is 0.316 e. The van der Waals surface area contributed by atoms with E-state index in [2.05, 4.69) is 5.32 Å². The molecule has 0 bridgehead atoms. The van der Waals surface area contributed by atoms with Crippen molar-refractivity contribution in [3.05, 3.63) is 35.1 Å². The number of halogens is 1. The topological polar surface area (TPSA) is 29.1 Å². The Morgan fingerprint density at radius 1 is 1.53 bits per heavy atom. The third-order valence-corrected chi connectivity index (χ3v) is 3.36. The van der Waals surface area contributed by atoms with E-state index in [1.165, 1.54) is 12.1 Å². The summed E-state index contributed by atoms with van der Waals surface area (Å²) in [6.45, 7) is 3.77. The molecular weight excluding hydrogens is 217 g/mol. The molecule has 1 unspecified atom stereocenters. The second-order valence-corrected chi connectivity index (χ2v) is 4.80. The molecule has 1 N–H and O–H groups in total. The average Bonchev–Trinajstić information content (AvgIpc) is 2.30. The van der Waals surface area contributed by atoms with Gasteiger partial charge in [0.2, 0.25) is 0 Å². The van der Waals surface area contributed by atoms with Crippen LogP contribution < -0.4 is 5.32 Å².